The van der Waals surface area contributed by atoms with Gasteiger partial charge in [0.15, 0.2) is 11.5 Å². The number of hydrogen-bond donors (Lipinski definition) is 2. The average molecular weight is 338 g/mol. The molecule has 130 valence electrons. The highest BCUT2D eigenvalue weighted by Crippen LogP contribution is 2.22. The van der Waals surface area contributed by atoms with Crippen molar-refractivity contribution >= 4 is 22.8 Å². The average Bonchev–Trinajstić information content (AvgIpc) is 2.95. The van der Waals surface area contributed by atoms with Crippen molar-refractivity contribution in [2.45, 2.75) is 33.6 Å². The molecule has 0 spiro atoms. The van der Waals surface area contributed by atoms with Crippen LogP contribution in [0.4, 0.5) is 5.82 Å². The molecule has 0 aliphatic carbocycles. The zero-order valence-corrected chi connectivity index (χ0v) is 14.7. The molecule has 25 heavy (non-hydrogen) atoms. The van der Waals surface area contributed by atoms with Crippen LogP contribution in [-0.2, 0) is 4.79 Å². The zero-order valence-electron chi connectivity index (χ0n) is 14.7. The third-order valence-electron chi connectivity index (χ3n) is 4.02. The summed E-state index contributed by atoms with van der Waals surface area (Å²) in [6, 6.07) is 9.85. The Balaban J connectivity index is 1.51. The van der Waals surface area contributed by atoms with E-state index in [1.54, 1.807) is 0 Å². The lowest BCUT2D eigenvalue weighted by atomic mass is 10.1. The van der Waals surface area contributed by atoms with Crippen molar-refractivity contribution in [2.75, 3.05) is 11.9 Å². The van der Waals surface area contributed by atoms with Gasteiger partial charge in [-0.15, -0.1) is 0 Å². The van der Waals surface area contributed by atoms with Crippen LogP contribution in [-0.4, -0.2) is 27.7 Å². The van der Waals surface area contributed by atoms with Crippen LogP contribution in [0.2, 0.25) is 0 Å². The smallest absolute Gasteiger partial charge is 0.225 e. The first-order valence-corrected chi connectivity index (χ1v) is 8.35. The number of aryl methyl sites for hydroxylation is 3. The van der Waals surface area contributed by atoms with Crippen LogP contribution in [0.5, 0.6) is 5.75 Å². The van der Waals surface area contributed by atoms with Crippen LogP contribution < -0.4 is 10.1 Å². The van der Waals surface area contributed by atoms with Gasteiger partial charge >= 0.3 is 0 Å². The molecular formula is C19H22N4O2. The molecule has 0 fully saturated rings. The van der Waals surface area contributed by atoms with Crippen LogP contribution in [0.1, 0.15) is 29.7 Å². The summed E-state index contributed by atoms with van der Waals surface area (Å²) in [6.45, 7) is 6.46. The fourth-order valence-corrected chi connectivity index (χ4v) is 2.73. The molecular weight excluding hydrogens is 316 g/mol. The van der Waals surface area contributed by atoms with E-state index in [1.165, 1.54) is 0 Å². The van der Waals surface area contributed by atoms with Crippen LogP contribution >= 0.6 is 0 Å². The molecule has 0 aliphatic rings. The summed E-state index contributed by atoms with van der Waals surface area (Å²) in [5, 5.41) is 10.6. The van der Waals surface area contributed by atoms with Gasteiger partial charge < -0.3 is 10.1 Å². The van der Waals surface area contributed by atoms with Gasteiger partial charge in [0.2, 0.25) is 5.91 Å². The predicted octanol–water partition coefficient (Wildman–Crippen LogP) is 3.68. The lowest BCUT2D eigenvalue weighted by Crippen LogP contribution is -2.13. The number of rotatable bonds is 6. The maximum atomic E-state index is 12.1. The highest BCUT2D eigenvalue weighted by molar-refractivity contribution is 5.98. The molecule has 3 aromatic rings. The van der Waals surface area contributed by atoms with Crippen LogP contribution in [0.3, 0.4) is 0 Å². The first-order chi connectivity index (χ1) is 12.0. The van der Waals surface area contributed by atoms with E-state index in [0.717, 1.165) is 28.0 Å². The fraction of sp³-hybridized carbons (Fsp3) is 0.316. The summed E-state index contributed by atoms with van der Waals surface area (Å²) in [7, 11) is 0. The molecule has 2 aromatic heterocycles. The molecule has 0 radical (unpaired) electrons. The molecule has 0 atom stereocenters. The number of H-pyrrole nitrogens is 1. The number of amides is 1. The summed E-state index contributed by atoms with van der Waals surface area (Å²) in [5.74, 6) is 1.34. The Morgan fingerprint density at radius 2 is 1.92 bits per heavy atom. The summed E-state index contributed by atoms with van der Waals surface area (Å²) in [6.07, 6.45) is 1.01. The van der Waals surface area contributed by atoms with E-state index in [0.29, 0.717) is 30.9 Å². The monoisotopic (exact) mass is 338 g/mol. The number of nitrogens with one attached hydrogen (secondary N) is 2. The number of carbonyl (C=O) groups excluding carboxylic acids is 1. The first kappa shape index (κ1) is 17.0. The standard InChI is InChI=1S/C19H22N4O2/c1-12-6-4-7-13(2)17(12)25-11-5-8-16(24)21-19-15-10-9-14(3)20-18(15)22-23-19/h4,6-7,9-10H,5,8,11H2,1-3H3,(H2,20,21,22,23,24). The zero-order chi connectivity index (χ0) is 17.8. The minimum Gasteiger partial charge on any atom is -0.493 e. The normalized spacial score (nSPS) is 10.8. The van der Waals surface area contributed by atoms with E-state index < -0.39 is 0 Å². The number of anilines is 1. The summed E-state index contributed by atoms with van der Waals surface area (Å²) in [4.78, 5) is 16.5. The lowest BCUT2D eigenvalue weighted by molar-refractivity contribution is -0.116. The van der Waals surface area contributed by atoms with E-state index in [-0.39, 0.29) is 5.91 Å². The SMILES string of the molecule is Cc1ccc2c(NC(=O)CCCOc3c(C)cccc3C)n[nH]c2n1. The van der Waals surface area contributed by atoms with Gasteiger partial charge in [-0.25, -0.2) is 4.98 Å². The molecule has 0 bridgehead atoms. The Morgan fingerprint density at radius 3 is 2.68 bits per heavy atom. The van der Waals surface area contributed by atoms with Gasteiger partial charge in [0, 0.05) is 12.1 Å². The van der Waals surface area contributed by atoms with E-state index in [2.05, 4.69) is 20.5 Å². The van der Waals surface area contributed by atoms with Gasteiger partial charge in [0.25, 0.3) is 0 Å². The molecule has 2 N–H and O–H groups in total. The van der Waals surface area contributed by atoms with Crippen molar-refractivity contribution in [3.63, 3.8) is 0 Å². The molecule has 0 saturated heterocycles. The Hall–Kier alpha value is -2.89. The van der Waals surface area contributed by atoms with Crippen molar-refractivity contribution in [1.82, 2.24) is 15.2 Å². The predicted molar refractivity (Wildman–Crippen MR) is 97.9 cm³/mol. The minimum absolute atomic E-state index is 0.0842. The third-order valence-corrected chi connectivity index (χ3v) is 4.02. The van der Waals surface area contributed by atoms with Gasteiger partial charge in [-0.3, -0.25) is 9.89 Å². The molecule has 2 heterocycles. The van der Waals surface area contributed by atoms with Gasteiger partial charge in [0.05, 0.1) is 12.0 Å². The number of nitrogens with zero attached hydrogens (tertiary/aromatic N) is 2. The Kier molecular flexibility index (Phi) is 4.97. The summed E-state index contributed by atoms with van der Waals surface area (Å²) >= 11 is 0. The van der Waals surface area contributed by atoms with E-state index in [4.69, 9.17) is 4.74 Å². The highest BCUT2D eigenvalue weighted by atomic mass is 16.5. The Bertz CT molecular complexity index is 881. The summed E-state index contributed by atoms with van der Waals surface area (Å²) < 4.78 is 5.82. The van der Waals surface area contributed by atoms with Gasteiger partial charge in [0.1, 0.15) is 5.75 Å². The molecule has 0 unspecified atom stereocenters. The van der Waals surface area contributed by atoms with E-state index in [1.807, 2.05) is 51.1 Å². The molecule has 0 aliphatic heterocycles. The second-order valence-electron chi connectivity index (χ2n) is 6.14. The van der Waals surface area contributed by atoms with Crippen molar-refractivity contribution in [1.29, 1.82) is 0 Å². The largest absolute Gasteiger partial charge is 0.493 e. The van der Waals surface area contributed by atoms with Crippen molar-refractivity contribution in [2.24, 2.45) is 0 Å². The number of carbonyl (C=O) groups is 1. The molecule has 6 heteroatoms. The van der Waals surface area contributed by atoms with Crippen LogP contribution in [0, 0.1) is 20.8 Å². The topological polar surface area (TPSA) is 79.9 Å². The number of pyridine rings is 1. The lowest BCUT2D eigenvalue weighted by Gasteiger charge is -2.11. The van der Waals surface area contributed by atoms with Gasteiger partial charge in [-0.2, -0.15) is 5.10 Å². The number of para-hydroxylation sites is 1. The van der Waals surface area contributed by atoms with E-state index >= 15 is 0 Å². The second-order valence-corrected chi connectivity index (χ2v) is 6.14. The van der Waals surface area contributed by atoms with Crippen LogP contribution in [0.25, 0.3) is 11.0 Å². The van der Waals surface area contributed by atoms with Crippen molar-refractivity contribution < 1.29 is 9.53 Å². The number of aromatic amines is 1. The Labute approximate surface area is 146 Å². The maximum absolute atomic E-state index is 12.1. The van der Waals surface area contributed by atoms with E-state index in [9.17, 15) is 4.79 Å². The maximum Gasteiger partial charge on any atom is 0.225 e. The quantitative estimate of drug-likeness (QED) is 0.672. The number of benzene rings is 1. The number of fused-ring (bicyclic) bond motifs is 1. The minimum atomic E-state index is -0.0842. The highest BCUT2D eigenvalue weighted by Gasteiger charge is 2.10. The molecule has 0 saturated carbocycles. The van der Waals surface area contributed by atoms with Crippen molar-refractivity contribution in [3.8, 4) is 5.75 Å². The van der Waals surface area contributed by atoms with Crippen molar-refractivity contribution in [3.05, 3.63) is 47.2 Å². The third kappa shape index (κ3) is 3.96. The molecule has 1 amide bonds. The number of aromatic nitrogens is 3. The molecule has 3 rings (SSSR count). The van der Waals surface area contributed by atoms with Crippen LogP contribution in [0.15, 0.2) is 30.3 Å². The first-order valence-electron chi connectivity index (χ1n) is 8.35. The fourth-order valence-electron chi connectivity index (χ4n) is 2.73. The summed E-state index contributed by atoms with van der Waals surface area (Å²) in [5.41, 5.74) is 3.79. The molecule has 6 nitrogen and oxygen atoms in total. The second kappa shape index (κ2) is 7.34. The Morgan fingerprint density at radius 1 is 1.16 bits per heavy atom. The number of ether oxygens (including phenoxy) is 1. The van der Waals surface area contributed by atoms with Gasteiger partial charge in [-0.05, 0) is 50.5 Å². The molecule has 1 aromatic carbocycles. The van der Waals surface area contributed by atoms with Gasteiger partial charge in [-0.1, -0.05) is 18.2 Å². The number of hydrogen-bond acceptors (Lipinski definition) is 4.